The third-order valence-electron chi connectivity index (χ3n) is 1.47. The van der Waals surface area contributed by atoms with Crippen molar-refractivity contribution in [3.63, 3.8) is 0 Å². The first-order valence-electron chi connectivity index (χ1n) is 4.43. The Morgan fingerprint density at radius 2 is 1.75 bits per heavy atom. The quantitative estimate of drug-likeness (QED) is 0.587. The van der Waals surface area contributed by atoms with Crippen molar-refractivity contribution in [2.75, 3.05) is 6.61 Å². The van der Waals surface area contributed by atoms with Gasteiger partial charge < -0.3 is 31.7 Å². The molecule has 1 fully saturated rings. The molecule has 0 spiro atoms. The van der Waals surface area contributed by atoms with Gasteiger partial charge in [-0.3, -0.25) is 0 Å². The number of ketones is 1. The zero-order chi connectivity index (χ0) is 13.0. The number of hydrogen-bond donors (Lipinski definition) is 1. The van der Waals surface area contributed by atoms with Crippen LogP contribution in [0.2, 0.25) is 0 Å². The first-order chi connectivity index (χ1) is 7.60. The zero-order valence-corrected chi connectivity index (χ0v) is 9.64. The number of imide groups is 1. The van der Waals surface area contributed by atoms with Gasteiger partial charge in [0.15, 0.2) is 0 Å². The van der Waals surface area contributed by atoms with Crippen LogP contribution < -0.4 is 0 Å². The summed E-state index contributed by atoms with van der Waals surface area (Å²) in [5.41, 5.74) is 0. The molecule has 0 saturated carbocycles. The van der Waals surface area contributed by atoms with E-state index in [9.17, 15) is 14.4 Å². The number of hydrogen-bond acceptors (Lipinski definition) is 5. The molecule has 0 aliphatic carbocycles. The van der Waals surface area contributed by atoms with Crippen LogP contribution in [0.15, 0.2) is 0 Å². The fraction of sp³-hybridized carbons (Fsp3) is 0.556. The molecule has 0 aromatic heterocycles. The van der Waals surface area contributed by atoms with Gasteiger partial charge in [-0.1, -0.05) is 0 Å². The number of Topliss-reactive ketones (excluding diaryl/α,β-unsaturated/α-hetero) is 1. The van der Waals surface area contributed by atoms with E-state index in [1.807, 2.05) is 0 Å². The summed E-state index contributed by atoms with van der Waals surface area (Å²) in [6, 6.07) is 0. The second kappa shape index (κ2) is 12.1. The van der Waals surface area contributed by atoms with E-state index in [-0.39, 0.29) is 30.6 Å². The van der Waals surface area contributed by atoms with E-state index < -0.39 is 0 Å². The van der Waals surface area contributed by atoms with Gasteiger partial charge in [-0.2, -0.15) is 0 Å². The maximum atomic E-state index is 10.2. The Bertz CT molecular complexity index is 230. The molecule has 0 unspecified atom stereocenters. The standard InChI is InChI=1S/C5H9O2.C4H5NO2.Co.O/c1-2-5(7)3-4-6;6-3-1-2-4(7)5-3;;/h6H,1-4H2;1-2H2,(H,5,6,7);;/q-1;;;/p-1. The van der Waals surface area contributed by atoms with E-state index in [4.69, 9.17) is 8.97 Å². The second-order valence-electron chi connectivity index (χ2n) is 2.66. The maximum absolute atomic E-state index is 10.2. The molecule has 0 aromatic carbocycles. The number of carbonyl (C=O) groups excluding carboxylic acids is 3. The first-order valence-corrected chi connectivity index (χ1v) is 4.85. The van der Waals surface area contributed by atoms with Gasteiger partial charge in [0.05, 0.1) is 11.8 Å². The van der Waals surface area contributed by atoms with Crippen molar-refractivity contribution in [2.24, 2.45) is 0 Å². The Morgan fingerprint density at radius 1 is 1.31 bits per heavy atom. The van der Waals surface area contributed by atoms with E-state index in [2.05, 4.69) is 27.9 Å². The predicted molar refractivity (Wildman–Crippen MR) is 50.0 cm³/mol. The van der Waals surface area contributed by atoms with Crippen molar-refractivity contribution >= 4 is 17.6 Å². The summed E-state index contributed by atoms with van der Waals surface area (Å²) in [6.07, 6.45) is 1.18. The van der Waals surface area contributed by atoms with Gasteiger partial charge in [0.1, 0.15) is 5.78 Å². The Hall–Kier alpha value is -0.924. The molecule has 0 bridgehead atoms. The van der Waals surface area contributed by atoms with Crippen LogP contribution in [-0.4, -0.2) is 29.3 Å². The first kappa shape index (κ1) is 17.5. The van der Waals surface area contributed by atoms with E-state index in [0.29, 0.717) is 19.3 Å². The van der Waals surface area contributed by atoms with Crippen molar-refractivity contribution in [1.29, 1.82) is 0 Å². The van der Waals surface area contributed by atoms with Crippen LogP contribution in [0.3, 0.4) is 0 Å². The van der Waals surface area contributed by atoms with E-state index >= 15 is 0 Å². The normalized spacial score (nSPS) is 12.9. The van der Waals surface area contributed by atoms with Crippen LogP contribution in [0.1, 0.15) is 25.7 Å². The minimum absolute atomic E-state index is 0.0162. The minimum atomic E-state index is -0.273. The Morgan fingerprint density at radius 3 is 1.88 bits per heavy atom. The average Bonchev–Trinajstić information content (AvgIpc) is 2.66. The molecule has 0 radical (unpaired) electrons. The molecule has 0 atom stereocenters. The molecule has 1 saturated heterocycles. The second-order valence-corrected chi connectivity index (χ2v) is 2.66. The number of carbonyl (C=O) groups is 3. The van der Waals surface area contributed by atoms with Crippen molar-refractivity contribution in [2.45, 2.75) is 25.7 Å². The topological polar surface area (TPSA) is 103 Å². The molecule has 7 heteroatoms. The molecular weight excluding hydrogens is 261 g/mol. The number of aliphatic hydroxyl groups excluding tert-OH is 1. The molecule has 2 amide bonds. The SMILES string of the molecule is O=C1CCC(=O)[N-]1.[CH2-]CC(=O)CCO.[O]=[Co]. The molecule has 1 heterocycles. The molecule has 0 aromatic rings. The molecule has 95 valence electrons. The van der Waals surface area contributed by atoms with Gasteiger partial charge in [-0.25, -0.2) is 0 Å². The van der Waals surface area contributed by atoms with Crippen LogP contribution >= 0.6 is 0 Å². The van der Waals surface area contributed by atoms with E-state index in [1.165, 1.54) is 0 Å². The van der Waals surface area contributed by atoms with Gasteiger partial charge in [0.25, 0.3) is 0 Å². The van der Waals surface area contributed by atoms with Gasteiger partial charge >= 0.3 is 19.5 Å². The van der Waals surface area contributed by atoms with Gasteiger partial charge in [-0.15, -0.1) is 6.42 Å². The number of nitrogens with zero attached hydrogens (tertiary/aromatic N) is 1. The summed E-state index contributed by atoms with van der Waals surface area (Å²) < 4.78 is 7.94. The van der Waals surface area contributed by atoms with E-state index in [1.54, 1.807) is 0 Å². The summed E-state index contributed by atoms with van der Waals surface area (Å²) in [5.74, 6) is -0.530. The van der Waals surface area contributed by atoms with Crippen LogP contribution in [0, 0.1) is 6.92 Å². The summed E-state index contributed by atoms with van der Waals surface area (Å²) in [4.78, 5) is 30.3. The van der Waals surface area contributed by atoms with Crippen LogP contribution in [-0.2, 0) is 33.9 Å². The van der Waals surface area contributed by atoms with Crippen molar-refractivity contribution < 1.29 is 39.0 Å². The number of amides is 2. The molecule has 1 rings (SSSR count). The van der Waals surface area contributed by atoms with E-state index in [0.717, 1.165) is 0 Å². The zero-order valence-electron chi connectivity index (χ0n) is 8.60. The number of aliphatic hydroxyl groups is 1. The number of rotatable bonds is 3. The predicted octanol–water partition coefficient (Wildman–Crippen LogP) is 0.248. The third-order valence-corrected chi connectivity index (χ3v) is 1.47. The van der Waals surface area contributed by atoms with Crippen LogP contribution in [0.5, 0.6) is 0 Å². The molecular formula is C9H13CoNO5-2. The van der Waals surface area contributed by atoms with Crippen LogP contribution in [0.25, 0.3) is 5.32 Å². The Kier molecular flexibility index (Phi) is 13.3. The van der Waals surface area contributed by atoms with Crippen molar-refractivity contribution in [3.8, 4) is 0 Å². The fourth-order valence-electron chi connectivity index (χ4n) is 0.714. The summed E-state index contributed by atoms with van der Waals surface area (Å²) in [6.45, 7) is 3.30. The fourth-order valence-corrected chi connectivity index (χ4v) is 0.714. The molecule has 6 nitrogen and oxygen atoms in total. The van der Waals surface area contributed by atoms with Crippen LogP contribution in [0.4, 0.5) is 0 Å². The van der Waals surface area contributed by atoms with Gasteiger partial charge in [-0.05, 0) is 12.8 Å². The van der Waals surface area contributed by atoms with Gasteiger partial charge in [0.2, 0.25) is 0 Å². The average molecular weight is 274 g/mol. The molecule has 1 N–H and O–H groups in total. The monoisotopic (exact) mass is 274 g/mol. The van der Waals surface area contributed by atoms with Crippen molar-refractivity contribution in [3.05, 3.63) is 12.2 Å². The summed E-state index contributed by atoms with van der Waals surface area (Å²) in [5, 5.41) is 11.2. The Labute approximate surface area is 102 Å². The van der Waals surface area contributed by atoms with Crippen molar-refractivity contribution in [1.82, 2.24) is 0 Å². The molecule has 16 heavy (non-hydrogen) atoms. The third kappa shape index (κ3) is 11.2. The molecule has 1 aliphatic heterocycles. The summed E-state index contributed by atoms with van der Waals surface area (Å²) >= 11 is 2.31. The van der Waals surface area contributed by atoms with Gasteiger partial charge in [0, 0.05) is 13.0 Å². The Balaban J connectivity index is 0. The summed E-state index contributed by atoms with van der Waals surface area (Å²) in [7, 11) is 0. The molecule has 1 aliphatic rings.